The Kier molecular flexibility index (Phi) is 2.80. The molecule has 0 aliphatic carbocycles. The van der Waals surface area contributed by atoms with Crippen LogP contribution in [0.15, 0.2) is 35.7 Å². The van der Waals surface area contributed by atoms with E-state index >= 15 is 0 Å². The lowest BCUT2D eigenvalue weighted by Gasteiger charge is -2.07. The van der Waals surface area contributed by atoms with Gasteiger partial charge in [-0.2, -0.15) is 0 Å². The van der Waals surface area contributed by atoms with Gasteiger partial charge in [-0.05, 0) is 30.0 Å². The van der Waals surface area contributed by atoms with Crippen LogP contribution in [0, 0.1) is 0 Å². The summed E-state index contributed by atoms with van der Waals surface area (Å²) in [5.41, 5.74) is 9.28. The summed E-state index contributed by atoms with van der Waals surface area (Å²) in [5.74, 6) is 0.983. The molecule has 92 valence electrons. The molecule has 18 heavy (non-hydrogen) atoms. The normalized spacial score (nSPS) is 11.2. The van der Waals surface area contributed by atoms with Gasteiger partial charge in [-0.1, -0.05) is 19.1 Å². The standard InChI is InChI=1S/C14H15N3S/c1-2-8-17-12-6-4-3-5-11(12)16-14(17)10-7-9-18-13(10)15/h3-7,9H,2,8,15H2,1H3. The zero-order chi connectivity index (χ0) is 12.5. The van der Waals surface area contributed by atoms with Crippen LogP contribution in [-0.4, -0.2) is 9.55 Å². The number of para-hydroxylation sites is 2. The molecule has 0 unspecified atom stereocenters. The Morgan fingerprint density at radius 3 is 2.83 bits per heavy atom. The summed E-state index contributed by atoms with van der Waals surface area (Å²) in [6, 6.07) is 10.3. The van der Waals surface area contributed by atoms with E-state index in [1.807, 2.05) is 23.6 Å². The predicted molar refractivity (Wildman–Crippen MR) is 77.7 cm³/mol. The maximum Gasteiger partial charge on any atom is 0.144 e. The van der Waals surface area contributed by atoms with Gasteiger partial charge in [-0.15, -0.1) is 11.3 Å². The number of thiophene rings is 1. The van der Waals surface area contributed by atoms with Crippen LogP contribution in [0.2, 0.25) is 0 Å². The van der Waals surface area contributed by atoms with E-state index in [9.17, 15) is 0 Å². The van der Waals surface area contributed by atoms with E-state index in [4.69, 9.17) is 10.7 Å². The van der Waals surface area contributed by atoms with Gasteiger partial charge in [0, 0.05) is 6.54 Å². The number of rotatable bonds is 3. The second kappa shape index (κ2) is 4.46. The highest BCUT2D eigenvalue weighted by atomic mass is 32.1. The van der Waals surface area contributed by atoms with Gasteiger partial charge in [-0.3, -0.25) is 0 Å². The second-order valence-electron chi connectivity index (χ2n) is 4.27. The summed E-state index contributed by atoms with van der Waals surface area (Å²) < 4.78 is 2.26. The van der Waals surface area contributed by atoms with Crippen molar-refractivity contribution in [3.63, 3.8) is 0 Å². The average molecular weight is 257 g/mol. The smallest absolute Gasteiger partial charge is 0.144 e. The molecular formula is C14H15N3S. The Labute approximate surface area is 110 Å². The molecule has 1 aromatic carbocycles. The van der Waals surface area contributed by atoms with E-state index < -0.39 is 0 Å². The Morgan fingerprint density at radius 1 is 1.28 bits per heavy atom. The third-order valence-corrected chi connectivity index (χ3v) is 3.78. The van der Waals surface area contributed by atoms with Crippen LogP contribution >= 0.6 is 11.3 Å². The molecule has 0 saturated heterocycles. The zero-order valence-electron chi connectivity index (χ0n) is 10.3. The lowest BCUT2D eigenvalue weighted by molar-refractivity contribution is 0.704. The molecule has 0 saturated carbocycles. The van der Waals surface area contributed by atoms with Crippen LogP contribution in [-0.2, 0) is 6.54 Å². The van der Waals surface area contributed by atoms with E-state index in [0.717, 1.165) is 34.9 Å². The number of aryl methyl sites for hydroxylation is 1. The van der Waals surface area contributed by atoms with Crippen molar-refractivity contribution in [2.75, 3.05) is 5.73 Å². The number of nitrogen functional groups attached to an aromatic ring is 1. The molecule has 2 aromatic heterocycles. The third-order valence-electron chi connectivity index (χ3n) is 3.04. The minimum Gasteiger partial charge on any atom is -0.390 e. The van der Waals surface area contributed by atoms with Crippen LogP contribution in [0.4, 0.5) is 5.00 Å². The fraction of sp³-hybridized carbons (Fsp3) is 0.214. The van der Waals surface area contributed by atoms with E-state index in [1.54, 1.807) is 11.3 Å². The predicted octanol–water partition coefficient (Wildman–Crippen LogP) is 3.76. The fourth-order valence-corrected chi connectivity index (χ4v) is 2.87. The van der Waals surface area contributed by atoms with Crippen molar-refractivity contribution >= 4 is 27.4 Å². The summed E-state index contributed by atoms with van der Waals surface area (Å²) in [7, 11) is 0. The highest BCUT2D eigenvalue weighted by Gasteiger charge is 2.14. The molecule has 0 radical (unpaired) electrons. The number of imidazole rings is 1. The average Bonchev–Trinajstić information content (AvgIpc) is 2.94. The minimum atomic E-state index is 0.836. The number of aromatic nitrogens is 2. The Hall–Kier alpha value is -1.81. The largest absolute Gasteiger partial charge is 0.390 e. The van der Waals surface area contributed by atoms with E-state index in [0.29, 0.717) is 0 Å². The Bertz CT molecular complexity index is 681. The molecule has 3 aromatic rings. The number of fused-ring (bicyclic) bond motifs is 1. The number of nitrogens with two attached hydrogens (primary N) is 1. The molecule has 2 N–H and O–H groups in total. The molecule has 0 fully saturated rings. The van der Waals surface area contributed by atoms with Gasteiger partial charge in [0.1, 0.15) is 5.82 Å². The highest BCUT2D eigenvalue weighted by Crippen LogP contribution is 2.32. The van der Waals surface area contributed by atoms with Gasteiger partial charge in [0.05, 0.1) is 21.6 Å². The summed E-state index contributed by atoms with van der Waals surface area (Å²) in [6.45, 7) is 3.14. The maximum absolute atomic E-state index is 6.02. The number of hydrogen-bond donors (Lipinski definition) is 1. The summed E-state index contributed by atoms with van der Waals surface area (Å²) in [6.07, 6.45) is 1.08. The van der Waals surface area contributed by atoms with Crippen LogP contribution in [0.1, 0.15) is 13.3 Å². The fourth-order valence-electron chi connectivity index (χ4n) is 2.24. The Morgan fingerprint density at radius 2 is 2.11 bits per heavy atom. The van der Waals surface area contributed by atoms with Crippen LogP contribution in [0.3, 0.4) is 0 Å². The first kappa shape index (κ1) is 11.3. The van der Waals surface area contributed by atoms with Crippen molar-refractivity contribution in [2.45, 2.75) is 19.9 Å². The molecule has 0 atom stereocenters. The zero-order valence-corrected chi connectivity index (χ0v) is 11.1. The molecule has 4 heteroatoms. The monoisotopic (exact) mass is 257 g/mol. The second-order valence-corrected chi connectivity index (χ2v) is 5.22. The van der Waals surface area contributed by atoms with Gasteiger partial charge < -0.3 is 10.3 Å². The van der Waals surface area contributed by atoms with Crippen molar-refractivity contribution in [1.82, 2.24) is 9.55 Å². The van der Waals surface area contributed by atoms with Gasteiger partial charge in [0.2, 0.25) is 0 Å². The number of anilines is 1. The molecule has 2 heterocycles. The van der Waals surface area contributed by atoms with Crippen molar-refractivity contribution in [1.29, 1.82) is 0 Å². The highest BCUT2D eigenvalue weighted by molar-refractivity contribution is 7.14. The van der Waals surface area contributed by atoms with E-state index in [1.165, 1.54) is 5.52 Å². The number of nitrogens with zero attached hydrogens (tertiary/aromatic N) is 2. The lowest BCUT2D eigenvalue weighted by Crippen LogP contribution is -2.00. The van der Waals surface area contributed by atoms with Crippen LogP contribution in [0.5, 0.6) is 0 Å². The molecule has 0 aliphatic rings. The van der Waals surface area contributed by atoms with Crippen molar-refractivity contribution in [3.8, 4) is 11.4 Å². The molecule has 0 spiro atoms. The minimum absolute atomic E-state index is 0.836. The quantitative estimate of drug-likeness (QED) is 0.776. The van der Waals surface area contributed by atoms with Crippen LogP contribution < -0.4 is 5.73 Å². The van der Waals surface area contributed by atoms with Crippen molar-refractivity contribution in [2.24, 2.45) is 0 Å². The summed E-state index contributed by atoms with van der Waals surface area (Å²) >= 11 is 1.56. The molecule has 0 bridgehead atoms. The first-order valence-electron chi connectivity index (χ1n) is 6.10. The summed E-state index contributed by atoms with van der Waals surface area (Å²) in [5, 5.41) is 2.85. The first-order valence-corrected chi connectivity index (χ1v) is 6.98. The lowest BCUT2D eigenvalue weighted by atomic mass is 10.3. The van der Waals surface area contributed by atoms with Crippen LogP contribution in [0.25, 0.3) is 22.4 Å². The van der Waals surface area contributed by atoms with E-state index in [2.05, 4.69) is 23.6 Å². The Balaban J connectivity index is 2.28. The van der Waals surface area contributed by atoms with E-state index in [-0.39, 0.29) is 0 Å². The van der Waals surface area contributed by atoms with Crippen molar-refractivity contribution in [3.05, 3.63) is 35.7 Å². The molecule has 0 aliphatic heterocycles. The molecule has 0 amide bonds. The summed E-state index contributed by atoms with van der Waals surface area (Å²) in [4.78, 5) is 4.72. The SMILES string of the molecule is CCCn1c(-c2ccsc2N)nc2ccccc21. The van der Waals surface area contributed by atoms with Gasteiger partial charge in [-0.25, -0.2) is 4.98 Å². The van der Waals surface area contributed by atoms with Crippen molar-refractivity contribution < 1.29 is 0 Å². The number of hydrogen-bond acceptors (Lipinski definition) is 3. The van der Waals surface area contributed by atoms with Gasteiger partial charge >= 0.3 is 0 Å². The molecule has 3 rings (SSSR count). The number of benzene rings is 1. The van der Waals surface area contributed by atoms with Gasteiger partial charge in [0.25, 0.3) is 0 Å². The van der Waals surface area contributed by atoms with Gasteiger partial charge in [0.15, 0.2) is 0 Å². The molecular weight excluding hydrogens is 242 g/mol. The first-order chi connectivity index (χ1) is 8.81. The maximum atomic E-state index is 6.02. The molecule has 3 nitrogen and oxygen atoms in total. The topological polar surface area (TPSA) is 43.8 Å². The third kappa shape index (κ3) is 1.69.